The van der Waals surface area contributed by atoms with Crippen LogP contribution in [0.2, 0.25) is 0 Å². The van der Waals surface area contributed by atoms with Crippen LogP contribution in [-0.2, 0) is 4.79 Å². The van der Waals surface area contributed by atoms with Gasteiger partial charge in [-0.15, -0.1) is 0 Å². The molecule has 1 fully saturated rings. The number of carbonyl (C=O) groups excluding carboxylic acids is 1. The van der Waals surface area contributed by atoms with Crippen molar-refractivity contribution >= 4 is 11.6 Å². The number of aryl methyl sites for hydroxylation is 2. The Hall–Kier alpha value is -1.95. The Morgan fingerprint density at radius 3 is 3.05 bits per heavy atom. The maximum absolute atomic E-state index is 11.2. The van der Waals surface area contributed by atoms with Crippen LogP contribution in [0.15, 0.2) is 12.3 Å². The Labute approximate surface area is 123 Å². The Balaban J connectivity index is 1.73. The third-order valence-corrected chi connectivity index (χ3v) is 4.11. The van der Waals surface area contributed by atoms with Crippen LogP contribution < -0.4 is 10.6 Å². The van der Waals surface area contributed by atoms with E-state index in [0.717, 1.165) is 35.6 Å². The molecule has 0 spiro atoms. The van der Waals surface area contributed by atoms with Gasteiger partial charge in [0.25, 0.3) is 0 Å². The van der Waals surface area contributed by atoms with Gasteiger partial charge in [0, 0.05) is 48.6 Å². The molecule has 0 saturated carbocycles. The smallest absolute Gasteiger partial charge is 0.220 e. The maximum Gasteiger partial charge on any atom is 0.220 e. The van der Waals surface area contributed by atoms with Gasteiger partial charge in [0.2, 0.25) is 5.91 Å². The fraction of sp³-hybridized carbons (Fsp3) is 0.533. The van der Waals surface area contributed by atoms with Crippen molar-refractivity contribution in [3.8, 4) is 0 Å². The van der Waals surface area contributed by atoms with Crippen LogP contribution >= 0.6 is 0 Å². The fourth-order valence-corrected chi connectivity index (χ4v) is 2.86. The first-order chi connectivity index (χ1) is 10.0. The summed E-state index contributed by atoms with van der Waals surface area (Å²) in [6.45, 7) is 6.93. The quantitative estimate of drug-likeness (QED) is 0.888. The van der Waals surface area contributed by atoms with Crippen LogP contribution in [0.1, 0.15) is 42.8 Å². The van der Waals surface area contributed by atoms with Crippen molar-refractivity contribution in [2.75, 3.05) is 6.54 Å². The lowest BCUT2D eigenvalue weighted by Gasteiger charge is -2.19. The minimum Gasteiger partial charge on any atom is -0.352 e. The summed E-state index contributed by atoms with van der Waals surface area (Å²) < 4.78 is 1.89. The van der Waals surface area contributed by atoms with E-state index in [9.17, 15) is 4.79 Å². The molecular weight excluding hydrogens is 266 g/mol. The lowest BCUT2D eigenvalue weighted by Crippen LogP contribution is -2.36. The molecule has 1 amide bonds. The third-order valence-electron chi connectivity index (χ3n) is 4.11. The zero-order valence-corrected chi connectivity index (χ0v) is 12.7. The van der Waals surface area contributed by atoms with Gasteiger partial charge in [0.1, 0.15) is 0 Å². The number of hydrogen-bond acceptors (Lipinski definition) is 4. The van der Waals surface area contributed by atoms with Gasteiger partial charge >= 0.3 is 0 Å². The molecule has 0 aromatic carbocycles. The maximum atomic E-state index is 11.2. The second kappa shape index (κ2) is 5.44. The van der Waals surface area contributed by atoms with Crippen molar-refractivity contribution in [3.05, 3.63) is 29.2 Å². The van der Waals surface area contributed by atoms with E-state index in [1.807, 2.05) is 23.7 Å². The minimum absolute atomic E-state index is 0.153. The molecule has 2 aromatic rings. The summed E-state index contributed by atoms with van der Waals surface area (Å²) in [5.41, 5.74) is 4.08. The van der Waals surface area contributed by atoms with Crippen molar-refractivity contribution in [2.45, 2.75) is 45.7 Å². The molecule has 2 aromatic heterocycles. The average molecular weight is 287 g/mol. The number of amides is 1. The van der Waals surface area contributed by atoms with E-state index >= 15 is 0 Å². The predicted molar refractivity (Wildman–Crippen MR) is 80.0 cm³/mol. The number of hydrogen-bond donors (Lipinski definition) is 2. The molecule has 6 nitrogen and oxygen atoms in total. The van der Waals surface area contributed by atoms with E-state index in [2.05, 4.69) is 34.6 Å². The summed E-state index contributed by atoms with van der Waals surface area (Å²) in [5, 5.41) is 10.9. The van der Waals surface area contributed by atoms with Crippen molar-refractivity contribution in [1.82, 2.24) is 25.2 Å². The first-order valence-corrected chi connectivity index (χ1v) is 7.39. The molecule has 21 heavy (non-hydrogen) atoms. The Bertz CT molecular complexity index is 678. The molecule has 1 saturated heterocycles. The molecule has 1 aliphatic heterocycles. The molecule has 112 valence electrons. The van der Waals surface area contributed by atoms with Gasteiger partial charge in [-0.3, -0.25) is 4.79 Å². The van der Waals surface area contributed by atoms with Gasteiger partial charge < -0.3 is 10.6 Å². The highest BCUT2D eigenvalue weighted by Crippen LogP contribution is 2.18. The fourth-order valence-electron chi connectivity index (χ4n) is 2.86. The molecule has 2 atom stereocenters. The van der Waals surface area contributed by atoms with Crippen molar-refractivity contribution in [3.63, 3.8) is 0 Å². The number of aromatic nitrogens is 3. The van der Waals surface area contributed by atoms with Gasteiger partial charge in [0.05, 0.1) is 5.69 Å². The molecule has 3 rings (SSSR count). The Morgan fingerprint density at radius 2 is 2.33 bits per heavy atom. The van der Waals surface area contributed by atoms with Crippen LogP contribution in [-0.4, -0.2) is 33.1 Å². The minimum atomic E-state index is 0.153. The number of fused-ring (bicyclic) bond motifs is 1. The number of rotatable bonds is 4. The van der Waals surface area contributed by atoms with Crippen molar-refractivity contribution < 1.29 is 4.79 Å². The largest absolute Gasteiger partial charge is 0.352 e. The SMILES string of the molecule is Cc1cc2ncc(C(C)NCC3CCC(=O)N3)c(C)n2n1. The molecule has 3 heterocycles. The van der Waals surface area contributed by atoms with Gasteiger partial charge in [-0.1, -0.05) is 0 Å². The molecule has 0 bridgehead atoms. The highest BCUT2D eigenvalue weighted by molar-refractivity contribution is 5.78. The summed E-state index contributed by atoms with van der Waals surface area (Å²) >= 11 is 0. The van der Waals surface area contributed by atoms with Gasteiger partial charge in [0.15, 0.2) is 5.65 Å². The molecule has 2 N–H and O–H groups in total. The summed E-state index contributed by atoms with van der Waals surface area (Å²) in [7, 11) is 0. The second-order valence-electron chi connectivity index (χ2n) is 5.79. The summed E-state index contributed by atoms with van der Waals surface area (Å²) in [6.07, 6.45) is 3.46. The van der Waals surface area contributed by atoms with Crippen LogP contribution in [0.3, 0.4) is 0 Å². The zero-order chi connectivity index (χ0) is 15.0. The predicted octanol–water partition coefficient (Wildman–Crippen LogP) is 1.28. The van der Waals surface area contributed by atoms with Gasteiger partial charge in [-0.05, 0) is 27.2 Å². The monoisotopic (exact) mass is 287 g/mol. The average Bonchev–Trinajstić information content (AvgIpc) is 3.02. The summed E-state index contributed by atoms with van der Waals surface area (Å²) in [5.74, 6) is 0.153. The molecular formula is C15H21N5O. The molecule has 0 aliphatic carbocycles. The van der Waals surface area contributed by atoms with E-state index in [4.69, 9.17) is 0 Å². The number of carbonyl (C=O) groups is 1. The normalized spacial score (nSPS) is 20.0. The van der Waals surface area contributed by atoms with Gasteiger partial charge in [-0.2, -0.15) is 5.10 Å². The molecule has 1 aliphatic rings. The lowest BCUT2D eigenvalue weighted by molar-refractivity contribution is -0.119. The van der Waals surface area contributed by atoms with E-state index < -0.39 is 0 Å². The van der Waals surface area contributed by atoms with Gasteiger partial charge in [-0.25, -0.2) is 9.50 Å². The first kappa shape index (κ1) is 14.0. The van der Waals surface area contributed by atoms with Crippen LogP contribution in [0, 0.1) is 13.8 Å². The van der Waals surface area contributed by atoms with Crippen molar-refractivity contribution in [2.24, 2.45) is 0 Å². The first-order valence-electron chi connectivity index (χ1n) is 7.39. The van der Waals surface area contributed by atoms with E-state index in [-0.39, 0.29) is 18.0 Å². The van der Waals surface area contributed by atoms with Crippen LogP contribution in [0.5, 0.6) is 0 Å². The molecule has 6 heteroatoms. The standard InChI is InChI=1S/C15H21N5O/c1-9-6-14-17-8-13(11(3)20(14)19-9)10(2)16-7-12-4-5-15(21)18-12/h6,8,10,12,16H,4-5,7H2,1-3H3,(H,18,21). The summed E-state index contributed by atoms with van der Waals surface area (Å²) in [6, 6.07) is 2.39. The van der Waals surface area contributed by atoms with E-state index in [0.29, 0.717) is 6.42 Å². The molecule has 0 radical (unpaired) electrons. The number of nitrogens with one attached hydrogen (secondary N) is 2. The van der Waals surface area contributed by atoms with Crippen LogP contribution in [0.4, 0.5) is 0 Å². The Kier molecular flexibility index (Phi) is 3.63. The molecule has 2 unspecified atom stereocenters. The lowest BCUT2D eigenvalue weighted by atomic mass is 10.1. The van der Waals surface area contributed by atoms with E-state index in [1.165, 1.54) is 0 Å². The highest BCUT2D eigenvalue weighted by atomic mass is 16.1. The van der Waals surface area contributed by atoms with Crippen molar-refractivity contribution in [1.29, 1.82) is 0 Å². The highest BCUT2D eigenvalue weighted by Gasteiger charge is 2.21. The summed E-state index contributed by atoms with van der Waals surface area (Å²) in [4.78, 5) is 15.7. The second-order valence-corrected chi connectivity index (χ2v) is 5.79. The zero-order valence-electron chi connectivity index (χ0n) is 12.7. The number of nitrogens with zero attached hydrogens (tertiary/aromatic N) is 3. The third kappa shape index (κ3) is 2.76. The van der Waals surface area contributed by atoms with E-state index in [1.54, 1.807) is 0 Å². The van der Waals surface area contributed by atoms with Crippen LogP contribution in [0.25, 0.3) is 5.65 Å². The topological polar surface area (TPSA) is 71.3 Å². The Morgan fingerprint density at radius 1 is 1.52 bits per heavy atom.